The van der Waals surface area contributed by atoms with Crippen LogP contribution >= 0.6 is 0 Å². The van der Waals surface area contributed by atoms with Gasteiger partial charge in [-0.05, 0) is 18.4 Å². The van der Waals surface area contributed by atoms with Crippen LogP contribution in [0.15, 0.2) is 36.0 Å². The third kappa shape index (κ3) is 3.56. The second kappa shape index (κ2) is 5.82. The molecule has 0 aromatic rings. The predicted octanol–water partition coefficient (Wildman–Crippen LogP) is 4.01. The van der Waals surface area contributed by atoms with Crippen molar-refractivity contribution in [3.63, 3.8) is 0 Å². The average Bonchev–Trinajstić information content (AvgIpc) is 2.57. The van der Waals surface area contributed by atoms with Crippen molar-refractivity contribution < 1.29 is 0 Å². The molecular weight excluding hydrogens is 144 g/mol. The smallest absolute Gasteiger partial charge is 0.0297 e. The molecule has 0 heterocycles. The first-order valence-electron chi connectivity index (χ1n) is 4.98. The van der Waals surface area contributed by atoms with Crippen LogP contribution in [0.3, 0.4) is 0 Å². The van der Waals surface area contributed by atoms with Crippen LogP contribution in [-0.2, 0) is 0 Å². The van der Waals surface area contributed by atoms with Crippen LogP contribution < -0.4 is 0 Å². The molecule has 0 aromatic heterocycles. The summed E-state index contributed by atoms with van der Waals surface area (Å²) in [6, 6.07) is 0. The third-order valence-corrected chi connectivity index (χ3v) is 2.13. The van der Waals surface area contributed by atoms with Gasteiger partial charge in [0.25, 0.3) is 0 Å². The van der Waals surface area contributed by atoms with Gasteiger partial charge in [-0.15, -0.1) is 0 Å². The Morgan fingerprint density at radius 2 is 1.83 bits per heavy atom. The zero-order chi connectivity index (χ0) is 8.65. The molecule has 0 fully saturated rings. The maximum absolute atomic E-state index is 2.33. The summed E-state index contributed by atoms with van der Waals surface area (Å²) in [6.45, 7) is 2.25. The van der Waals surface area contributed by atoms with Gasteiger partial charge in [0.2, 0.25) is 0 Å². The van der Waals surface area contributed by atoms with Crippen LogP contribution in [0, 0.1) is 0 Å². The monoisotopic (exact) mass is 162 g/mol. The third-order valence-electron chi connectivity index (χ3n) is 2.13. The van der Waals surface area contributed by atoms with Gasteiger partial charge in [0.05, 0.1) is 0 Å². The molecule has 0 heteroatoms. The molecule has 0 unspecified atom stereocenters. The summed E-state index contributed by atoms with van der Waals surface area (Å²) in [4.78, 5) is 0. The van der Waals surface area contributed by atoms with Gasteiger partial charge in [-0.2, -0.15) is 0 Å². The molecule has 0 nitrogen and oxygen atoms in total. The molecule has 0 N–H and O–H groups in total. The molecule has 0 aliphatic heterocycles. The van der Waals surface area contributed by atoms with Crippen molar-refractivity contribution in [2.45, 2.75) is 39.0 Å². The van der Waals surface area contributed by atoms with Crippen LogP contribution in [0.25, 0.3) is 0 Å². The SMILES string of the molecule is CCCCCCC=C1C=CC=C1. The lowest BCUT2D eigenvalue weighted by Crippen LogP contribution is -1.75. The van der Waals surface area contributed by atoms with Gasteiger partial charge in [0.1, 0.15) is 0 Å². The van der Waals surface area contributed by atoms with E-state index >= 15 is 0 Å². The van der Waals surface area contributed by atoms with Crippen molar-refractivity contribution in [1.29, 1.82) is 0 Å². The molecular formula is C12H18. The quantitative estimate of drug-likeness (QED) is 0.536. The van der Waals surface area contributed by atoms with E-state index in [4.69, 9.17) is 0 Å². The van der Waals surface area contributed by atoms with Gasteiger partial charge in [-0.1, -0.05) is 56.6 Å². The van der Waals surface area contributed by atoms with Crippen molar-refractivity contribution in [3.05, 3.63) is 36.0 Å². The lowest BCUT2D eigenvalue weighted by atomic mass is 10.1. The maximum Gasteiger partial charge on any atom is -0.0297 e. The average molecular weight is 162 g/mol. The van der Waals surface area contributed by atoms with Crippen molar-refractivity contribution in [3.8, 4) is 0 Å². The van der Waals surface area contributed by atoms with Crippen LogP contribution in [0.2, 0.25) is 0 Å². The Labute approximate surface area is 75.7 Å². The highest BCUT2D eigenvalue weighted by Gasteiger charge is 1.90. The summed E-state index contributed by atoms with van der Waals surface area (Å²) < 4.78 is 0. The summed E-state index contributed by atoms with van der Waals surface area (Å²) in [6.07, 6.45) is 17.5. The molecule has 0 radical (unpaired) electrons. The fourth-order valence-electron chi connectivity index (χ4n) is 1.36. The molecule has 0 amide bonds. The van der Waals surface area contributed by atoms with Crippen molar-refractivity contribution in [2.24, 2.45) is 0 Å². The Hall–Kier alpha value is -0.780. The summed E-state index contributed by atoms with van der Waals surface area (Å²) in [5.74, 6) is 0. The van der Waals surface area contributed by atoms with E-state index in [0.29, 0.717) is 0 Å². The Kier molecular flexibility index (Phi) is 4.51. The summed E-state index contributed by atoms with van der Waals surface area (Å²) >= 11 is 0. The van der Waals surface area contributed by atoms with Crippen LogP contribution in [0.4, 0.5) is 0 Å². The highest BCUT2D eigenvalue weighted by molar-refractivity contribution is 5.39. The fourth-order valence-corrected chi connectivity index (χ4v) is 1.36. The van der Waals surface area contributed by atoms with Crippen molar-refractivity contribution in [2.75, 3.05) is 0 Å². The minimum Gasteiger partial charge on any atom is -0.0773 e. The van der Waals surface area contributed by atoms with Gasteiger partial charge in [-0.3, -0.25) is 0 Å². The minimum atomic E-state index is 1.24. The summed E-state index contributed by atoms with van der Waals surface area (Å²) in [5.41, 5.74) is 1.38. The van der Waals surface area contributed by atoms with Gasteiger partial charge >= 0.3 is 0 Å². The Morgan fingerprint density at radius 1 is 1.08 bits per heavy atom. The molecule has 0 atom stereocenters. The first-order chi connectivity index (χ1) is 5.93. The predicted molar refractivity (Wildman–Crippen MR) is 55.1 cm³/mol. The van der Waals surface area contributed by atoms with Crippen LogP contribution in [-0.4, -0.2) is 0 Å². The van der Waals surface area contributed by atoms with E-state index in [9.17, 15) is 0 Å². The minimum absolute atomic E-state index is 1.24. The molecule has 1 aliphatic carbocycles. The number of hydrogen-bond donors (Lipinski definition) is 0. The second-order valence-electron chi connectivity index (χ2n) is 3.27. The summed E-state index contributed by atoms with van der Waals surface area (Å²) in [5, 5.41) is 0. The molecule has 0 aromatic carbocycles. The van der Waals surface area contributed by atoms with E-state index in [-0.39, 0.29) is 0 Å². The number of unbranched alkanes of at least 4 members (excludes halogenated alkanes) is 4. The van der Waals surface area contributed by atoms with E-state index in [2.05, 4.69) is 37.3 Å². The van der Waals surface area contributed by atoms with E-state index in [1.807, 2.05) is 0 Å². The van der Waals surface area contributed by atoms with Crippen molar-refractivity contribution in [1.82, 2.24) is 0 Å². The normalized spacial score (nSPS) is 14.2. The Balaban J connectivity index is 2.05. The lowest BCUT2D eigenvalue weighted by molar-refractivity contribution is 0.674. The molecule has 0 bridgehead atoms. The fraction of sp³-hybridized carbons (Fsp3) is 0.500. The molecule has 12 heavy (non-hydrogen) atoms. The topological polar surface area (TPSA) is 0 Å². The number of allylic oxidation sites excluding steroid dienone is 6. The number of rotatable bonds is 5. The van der Waals surface area contributed by atoms with Gasteiger partial charge < -0.3 is 0 Å². The van der Waals surface area contributed by atoms with E-state index in [1.165, 1.54) is 37.7 Å². The number of hydrogen-bond acceptors (Lipinski definition) is 0. The highest BCUT2D eigenvalue weighted by Crippen LogP contribution is 2.10. The van der Waals surface area contributed by atoms with E-state index < -0.39 is 0 Å². The van der Waals surface area contributed by atoms with Gasteiger partial charge in [0, 0.05) is 0 Å². The molecule has 66 valence electrons. The van der Waals surface area contributed by atoms with E-state index in [1.54, 1.807) is 0 Å². The summed E-state index contributed by atoms with van der Waals surface area (Å²) in [7, 11) is 0. The first kappa shape index (κ1) is 9.31. The Morgan fingerprint density at radius 3 is 2.50 bits per heavy atom. The Bertz CT molecular complexity index is 180. The van der Waals surface area contributed by atoms with E-state index in [0.717, 1.165) is 0 Å². The zero-order valence-corrected chi connectivity index (χ0v) is 7.92. The highest BCUT2D eigenvalue weighted by atomic mass is 14.0. The molecule has 0 saturated heterocycles. The van der Waals surface area contributed by atoms with Crippen LogP contribution in [0.5, 0.6) is 0 Å². The van der Waals surface area contributed by atoms with Gasteiger partial charge in [0.15, 0.2) is 0 Å². The van der Waals surface area contributed by atoms with Crippen molar-refractivity contribution >= 4 is 0 Å². The maximum atomic E-state index is 2.33. The lowest BCUT2D eigenvalue weighted by Gasteiger charge is -1.95. The first-order valence-corrected chi connectivity index (χ1v) is 4.98. The molecule has 1 aliphatic rings. The zero-order valence-electron chi connectivity index (χ0n) is 7.92. The standard InChI is InChI=1S/C12H18/c1-2-3-4-5-6-9-12-10-7-8-11-12/h7-11H,2-6H2,1H3. The molecule has 0 saturated carbocycles. The largest absolute Gasteiger partial charge is 0.0773 e. The van der Waals surface area contributed by atoms with Crippen LogP contribution in [0.1, 0.15) is 39.0 Å². The van der Waals surface area contributed by atoms with Gasteiger partial charge in [-0.25, -0.2) is 0 Å². The molecule has 0 spiro atoms. The molecule has 1 rings (SSSR count). The second-order valence-corrected chi connectivity index (χ2v) is 3.27.